The Balaban J connectivity index is 1.21. The molecule has 0 unspecified atom stereocenters. The largest absolute Gasteiger partial charge is 0.316 e. The first kappa shape index (κ1) is 27.6. The maximum Gasteiger partial charge on any atom is 0.123 e. The van der Waals surface area contributed by atoms with E-state index in [1.807, 2.05) is 24.3 Å². The fourth-order valence-electron chi connectivity index (χ4n) is 6.27. The van der Waals surface area contributed by atoms with Gasteiger partial charge in [-0.25, -0.2) is 4.39 Å². The number of aromatic nitrogens is 1. The van der Waals surface area contributed by atoms with Gasteiger partial charge in [-0.3, -0.25) is 0 Å². The number of fused-ring (bicyclic) bond motifs is 1. The zero-order valence-electron chi connectivity index (χ0n) is 25.1. The van der Waals surface area contributed by atoms with Crippen molar-refractivity contribution in [1.29, 1.82) is 0 Å². The Hall–Kier alpha value is -5.99. The maximum atomic E-state index is 13.5. The lowest BCUT2D eigenvalue weighted by molar-refractivity contribution is 0.628. The Morgan fingerprint density at radius 1 is 0.348 bits per heavy atom. The van der Waals surface area contributed by atoms with Crippen molar-refractivity contribution in [1.82, 2.24) is 4.57 Å². The van der Waals surface area contributed by atoms with E-state index in [-0.39, 0.29) is 5.82 Å². The molecule has 1 nitrogen and oxygen atoms in total. The molecule has 0 radical (unpaired) electrons. The number of nitrogens with zero attached hydrogens (tertiary/aromatic N) is 1. The third-order valence-electron chi connectivity index (χ3n) is 8.76. The van der Waals surface area contributed by atoms with E-state index in [0.717, 1.165) is 22.3 Å². The molecule has 0 aliphatic rings. The summed E-state index contributed by atoms with van der Waals surface area (Å²) in [5.41, 5.74) is 13.8. The van der Waals surface area contributed by atoms with Crippen LogP contribution in [0.3, 0.4) is 0 Å². The maximum absolute atomic E-state index is 13.5. The predicted molar refractivity (Wildman–Crippen MR) is 190 cm³/mol. The van der Waals surface area contributed by atoms with Gasteiger partial charge in [0, 0.05) is 22.8 Å². The van der Waals surface area contributed by atoms with E-state index >= 15 is 0 Å². The van der Waals surface area contributed by atoms with Crippen LogP contribution in [0.5, 0.6) is 0 Å². The lowest BCUT2D eigenvalue weighted by atomic mass is 9.97. The van der Waals surface area contributed by atoms with Gasteiger partial charge in [-0.05, 0) is 86.5 Å². The highest BCUT2D eigenvalue weighted by atomic mass is 19.1. The standard InChI is InChI=1S/C44H30FN/c45-40-24-19-35(20-25-40)36-21-26-41(27-22-36)46-30-43(38-17-15-34(16-18-38)32-9-5-2-6-10-32)42-29-39(23-28-44(42)46)37-13-11-33(12-14-37)31-7-3-1-4-8-31/h1-30H. The Bertz CT molecular complexity index is 2250. The van der Waals surface area contributed by atoms with Crippen LogP contribution in [0.25, 0.3) is 72.2 Å². The molecule has 1 aromatic heterocycles. The van der Waals surface area contributed by atoms with Crippen LogP contribution in [0.4, 0.5) is 4.39 Å². The highest BCUT2D eigenvalue weighted by Crippen LogP contribution is 2.37. The molecule has 0 saturated heterocycles. The Kier molecular flexibility index (Phi) is 7.09. The van der Waals surface area contributed by atoms with Crippen LogP contribution < -0.4 is 0 Å². The van der Waals surface area contributed by atoms with Gasteiger partial charge in [-0.1, -0.05) is 140 Å². The first-order chi connectivity index (χ1) is 22.7. The molecule has 0 aliphatic carbocycles. The number of hydrogen-bond acceptors (Lipinski definition) is 0. The number of halogens is 1. The summed E-state index contributed by atoms with van der Waals surface area (Å²) >= 11 is 0. The molecule has 0 atom stereocenters. The Morgan fingerprint density at radius 3 is 1.26 bits per heavy atom. The molecule has 0 amide bonds. The minimum absolute atomic E-state index is 0.227. The topological polar surface area (TPSA) is 4.93 Å². The van der Waals surface area contributed by atoms with Crippen molar-refractivity contribution < 1.29 is 4.39 Å². The average Bonchev–Trinajstić information content (AvgIpc) is 3.52. The summed E-state index contributed by atoms with van der Waals surface area (Å²) in [7, 11) is 0. The third kappa shape index (κ3) is 5.31. The van der Waals surface area contributed by atoms with Crippen molar-refractivity contribution in [2.45, 2.75) is 0 Å². The van der Waals surface area contributed by atoms with Gasteiger partial charge in [-0.15, -0.1) is 0 Å². The van der Waals surface area contributed by atoms with Crippen molar-refractivity contribution in [3.8, 4) is 61.3 Å². The first-order valence-electron chi connectivity index (χ1n) is 15.5. The molecule has 218 valence electrons. The molecule has 8 rings (SSSR count). The van der Waals surface area contributed by atoms with Crippen LogP contribution >= 0.6 is 0 Å². The Labute approximate surface area is 268 Å². The lowest BCUT2D eigenvalue weighted by Gasteiger charge is -2.09. The third-order valence-corrected chi connectivity index (χ3v) is 8.76. The molecule has 8 aromatic rings. The highest BCUT2D eigenvalue weighted by Gasteiger charge is 2.14. The minimum atomic E-state index is -0.227. The Morgan fingerprint density at radius 2 is 0.739 bits per heavy atom. The van der Waals surface area contributed by atoms with Crippen LogP contribution in [-0.4, -0.2) is 4.57 Å². The molecule has 0 saturated carbocycles. The van der Waals surface area contributed by atoms with Crippen molar-refractivity contribution in [2.24, 2.45) is 0 Å². The molecule has 2 heteroatoms. The summed E-state index contributed by atoms with van der Waals surface area (Å²) in [6.07, 6.45) is 2.25. The smallest absolute Gasteiger partial charge is 0.123 e. The van der Waals surface area contributed by atoms with Gasteiger partial charge in [0.25, 0.3) is 0 Å². The van der Waals surface area contributed by atoms with Gasteiger partial charge in [0.2, 0.25) is 0 Å². The molecule has 0 aliphatic heterocycles. The summed E-state index contributed by atoms with van der Waals surface area (Å²) in [5, 5.41) is 1.19. The van der Waals surface area contributed by atoms with E-state index in [2.05, 4.69) is 150 Å². The van der Waals surface area contributed by atoms with Gasteiger partial charge in [0.15, 0.2) is 0 Å². The van der Waals surface area contributed by atoms with Gasteiger partial charge in [0.05, 0.1) is 5.52 Å². The molecule has 0 bridgehead atoms. The number of benzene rings is 7. The molecular weight excluding hydrogens is 561 g/mol. The average molecular weight is 592 g/mol. The summed E-state index contributed by atoms with van der Waals surface area (Å²) in [5.74, 6) is -0.227. The van der Waals surface area contributed by atoms with Gasteiger partial charge < -0.3 is 4.57 Å². The fourth-order valence-corrected chi connectivity index (χ4v) is 6.27. The summed E-state index contributed by atoms with van der Waals surface area (Å²) < 4.78 is 15.8. The highest BCUT2D eigenvalue weighted by molar-refractivity contribution is 6.00. The first-order valence-corrected chi connectivity index (χ1v) is 15.5. The zero-order valence-corrected chi connectivity index (χ0v) is 25.1. The van der Waals surface area contributed by atoms with Crippen LogP contribution in [0.2, 0.25) is 0 Å². The second-order valence-electron chi connectivity index (χ2n) is 11.6. The van der Waals surface area contributed by atoms with Crippen molar-refractivity contribution in [3.63, 3.8) is 0 Å². The SMILES string of the molecule is Fc1ccc(-c2ccc(-n3cc(-c4ccc(-c5ccccc5)cc4)c4cc(-c5ccc(-c6ccccc6)cc5)ccc43)cc2)cc1. The quantitative estimate of drug-likeness (QED) is 0.181. The van der Waals surface area contributed by atoms with E-state index in [9.17, 15) is 4.39 Å². The normalized spacial score (nSPS) is 11.2. The van der Waals surface area contributed by atoms with Gasteiger partial charge in [0.1, 0.15) is 5.82 Å². The monoisotopic (exact) mass is 591 g/mol. The lowest BCUT2D eigenvalue weighted by Crippen LogP contribution is -1.92. The van der Waals surface area contributed by atoms with Crippen LogP contribution in [0, 0.1) is 5.82 Å². The second kappa shape index (κ2) is 11.8. The van der Waals surface area contributed by atoms with Crippen molar-refractivity contribution in [3.05, 3.63) is 188 Å². The van der Waals surface area contributed by atoms with Gasteiger partial charge in [-0.2, -0.15) is 0 Å². The van der Waals surface area contributed by atoms with E-state index < -0.39 is 0 Å². The van der Waals surface area contributed by atoms with E-state index in [0.29, 0.717) is 0 Å². The van der Waals surface area contributed by atoms with E-state index in [1.165, 1.54) is 62.0 Å². The summed E-state index contributed by atoms with van der Waals surface area (Å²) in [6, 6.07) is 60.5. The molecule has 46 heavy (non-hydrogen) atoms. The van der Waals surface area contributed by atoms with Gasteiger partial charge >= 0.3 is 0 Å². The van der Waals surface area contributed by atoms with Crippen LogP contribution in [-0.2, 0) is 0 Å². The van der Waals surface area contributed by atoms with Crippen molar-refractivity contribution >= 4 is 10.9 Å². The molecule has 1 heterocycles. The number of hydrogen-bond donors (Lipinski definition) is 0. The van der Waals surface area contributed by atoms with Crippen LogP contribution in [0.1, 0.15) is 0 Å². The van der Waals surface area contributed by atoms with E-state index in [1.54, 1.807) is 0 Å². The summed E-state index contributed by atoms with van der Waals surface area (Å²) in [6.45, 7) is 0. The molecule has 0 N–H and O–H groups in total. The van der Waals surface area contributed by atoms with Crippen LogP contribution in [0.15, 0.2) is 182 Å². The fraction of sp³-hybridized carbons (Fsp3) is 0. The predicted octanol–water partition coefficient (Wildman–Crippen LogP) is 12.1. The molecule has 7 aromatic carbocycles. The zero-order chi connectivity index (χ0) is 30.9. The minimum Gasteiger partial charge on any atom is -0.316 e. The molecule has 0 fully saturated rings. The molecular formula is C44H30FN. The number of rotatable bonds is 6. The van der Waals surface area contributed by atoms with Crippen molar-refractivity contribution in [2.75, 3.05) is 0 Å². The van der Waals surface area contributed by atoms with E-state index in [4.69, 9.17) is 0 Å². The summed E-state index contributed by atoms with van der Waals surface area (Å²) in [4.78, 5) is 0. The second-order valence-corrected chi connectivity index (χ2v) is 11.6. The molecule has 0 spiro atoms.